The van der Waals surface area contributed by atoms with Crippen LogP contribution in [0.3, 0.4) is 0 Å². The van der Waals surface area contributed by atoms with E-state index in [0.29, 0.717) is 5.75 Å². The van der Waals surface area contributed by atoms with Crippen LogP contribution < -0.4 is 5.32 Å². The van der Waals surface area contributed by atoms with Crippen molar-refractivity contribution in [3.63, 3.8) is 0 Å². The minimum Gasteiger partial charge on any atom is -0.348 e. The second kappa shape index (κ2) is 8.71. The molecule has 2 aromatic carbocycles. The van der Waals surface area contributed by atoms with Crippen molar-refractivity contribution < 1.29 is 4.79 Å². The smallest absolute Gasteiger partial charge is 0.230 e. The maximum atomic E-state index is 12.4. The van der Waals surface area contributed by atoms with Crippen molar-refractivity contribution in [1.82, 2.24) is 5.32 Å². The fourth-order valence-corrected chi connectivity index (χ4v) is 4.10. The van der Waals surface area contributed by atoms with E-state index in [-0.39, 0.29) is 11.9 Å². The van der Waals surface area contributed by atoms with Crippen LogP contribution in [-0.2, 0) is 11.2 Å². The number of carbonyl (C=O) groups excluding carboxylic acids is 1. The van der Waals surface area contributed by atoms with Gasteiger partial charge in [-0.25, -0.2) is 0 Å². The highest BCUT2D eigenvalue weighted by atomic mass is 32.2. The van der Waals surface area contributed by atoms with E-state index in [1.165, 1.54) is 9.77 Å². The van der Waals surface area contributed by atoms with Crippen LogP contribution in [0.2, 0.25) is 0 Å². The number of hydrogen-bond donors (Lipinski definition) is 1. The van der Waals surface area contributed by atoms with Gasteiger partial charge in [-0.15, -0.1) is 23.1 Å². The second-order valence-electron chi connectivity index (χ2n) is 5.44. The number of benzene rings is 2. The number of thioether (sulfide) groups is 1. The van der Waals surface area contributed by atoms with Crippen LogP contribution in [0.4, 0.5) is 0 Å². The Morgan fingerprint density at radius 1 is 0.958 bits per heavy atom. The summed E-state index contributed by atoms with van der Waals surface area (Å²) in [6.45, 7) is 0. The fraction of sp³-hybridized carbons (Fsp3) is 0.150. The molecule has 0 radical (unpaired) electrons. The summed E-state index contributed by atoms with van der Waals surface area (Å²) in [7, 11) is 0. The average molecular weight is 354 g/mol. The van der Waals surface area contributed by atoms with Crippen molar-refractivity contribution >= 4 is 29.0 Å². The Balaban J connectivity index is 1.66. The van der Waals surface area contributed by atoms with Gasteiger partial charge < -0.3 is 5.32 Å². The summed E-state index contributed by atoms with van der Waals surface area (Å²) in [4.78, 5) is 12.4. The summed E-state index contributed by atoms with van der Waals surface area (Å²) >= 11 is 3.25. The predicted octanol–water partition coefficient (Wildman–Crippen LogP) is 4.94. The molecule has 1 heterocycles. The lowest BCUT2D eigenvalue weighted by molar-refractivity contribution is -0.119. The van der Waals surface area contributed by atoms with Crippen molar-refractivity contribution in [2.75, 3.05) is 5.75 Å². The Morgan fingerprint density at radius 3 is 2.33 bits per heavy atom. The van der Waals surface area contributed by atoms with Crippen molar-refractivity contribution in [3.8, 4) is 0 Å². The van der Waals surface area contributed by atoms with Crippen LogP contribution >= 0.6 is 23.1 Å². The number of thiophene rings is 1. The molecule has 0 bridgehead atoms. The van der Waals surface area contributed by atoms with Gasteiger partial charge in [-0.3, -0.25) is 4.79 Å². The average Bonchev–Trinajstić information content (AvgIpc) is 3.15. The van der Waals surface area contributed by atoms with E-state index in [4.69, 9.17) is 0 Å². The molecule has 0 saturated heterocycles. The zero-order chi connectivity index (χ0) is 16.6. The first kappa shape index (κ1) is 16.8. The van der Waals surface area contributed by atoms with Crippen LogP contribution in [0.5, 0.6) is 0 Å². The van der Waals surface area contributed by atoms with Gasteiger partial charge in [0.25, 0.3) is 0 Å². The fourth-order valence-electron chi connectivity index (χ4n) is 2.51. The molecular weight excluding hydrogens is 334 g/mol. The second-order valence-corrected chi connectivity index (χ2v) is 7.66. The third-order valence-electron chi connectivity index (χ3n) is 3.66. The normalized spacial score (nSPS) is 11.8. The van der Waals surface area contributed by atoms with Gasteiger partial charge in [-0.2, -0.15) is 0 Å². The molecule has 1 unspecified atom stereocenters. The van der Waals surface area contributed by atoms with Crippen LogP contribution in [0, 0.1) is 0 Å². The Hall–Kier alpha value is -2.04. The number of nitrogens with one attached hydrogen (secondary N) is 1. The summed E-state index contributed by atoms with van der Waals surface area (Å²) in [5.74, 6) is 0.511. The van der Waals surface area contributed by atoms with Crippen LogP contribution in [0.25, 0.3) is 0 Å². The molecule has 2 nitrogen and oxygen atoms in total. The lowest BCUT2D eigenvalue weighted by Gasteiger charge is -2.19. The SMILES string of the molecule is O=C(CSc1cccs1)NC(Cc1ccccc1)c1ccccc1. The van der Waals surface area contributed by atoms with E-state index in [9.17, 15) is 4.79 Å². The molecule has 1 atom stereocenters. The molecule has 1 aromatic heterocycles. The van der Waals surface area contributed by atoms with Crippen molar-refractivity contribution in [2.24, 2.45) is 0 Å². The maximum absolute atomic E-state index is 12.4. The highest BCUT2D eigenvalue weighted by Gasteiger charge is 2.15. The molecule has 3 aromatic rings. The quantitative estimate of drug-likeness (QED) is 0.610. The van der Waals surface area contributed by atoms with Gasteiger partial charge in [0.05, 0.1) is 16.0 Å². The number of hydrogen-bond acceptors (Lipinski definition) is 3. The van der Waals surface area contributed by atoms with Crippen molar-refractivity contribution in [1.29, 1.82) is 0 Å². The van der Waals surface area contributed by atoms with Crippen molar-refractivity contribution in [3.05, 3.63) is 89.3 Å². The minimum atomic E-state index is -0.00923. The summed E-state index contributed by atoms with van der Waals surface area (Å²) < 4.78 is 1.17. The third kappa shape index (κ3) is 4.98. The van der Waals surface area contributed by atoms with Gasteiger partial charge in [0.1, 0.15) is 0 Å². The monoisotopic (exact) mass is 353 g/mol. The van der Waals surface area contributed by atoms with Gasteiger partial charge in [-0.1, -0.05) is 66.7 Å². The van der Waals surface area contributed by atoms with Crippen LogP contribution in [-0.4, -0.2) is 11.7 Å². The first-order valence-electron chi connectivity index (χ1n) is 7.86. The Morgan fingerprint density at radius 2 is 1.67 bits per heavy atom. The molecule has 0 aliphatic rings. The Bertz CT molecular complexity index is 742. The molecule has 0 fully saturated rings. The van der Waals surface area contributed by atoms with E-state index in [2.05, 4.69) is 29.6 Å². The molecule has 0 aliphatic heterocycles. The lowest BCUT2D eigenvalue weighted by atomic mass is 9.99. The summed E-state index contributed by atoms with van der Waals surface area (Å²) in [5.41, 5.74) is 2.35. The molecule has 4 heteroatoms. The number of amides is 1. The third-order valence-corrected chi connectivity index (χ3v) is 5.79. The summed E-state index contributed by atoms with van der Waals surface area (Å²) in [6.07, 6.45) is 0.792. The Kier molecular flexibility index (Phi) is 6.10. The number of rotatable bonds is 7. The van der Waals surface area contributed by atoms with Gasteiger partial charge in [0.15, 0.2) is 0 Å². The largest absolute Gasteiger partial charge is 0.348 e. The molecule has 1 amide bonds. The molecule has 0 aliphatic carbocycles. The van der Waals surface area contributed by atoms with E-state index < -0.39 is 0 Å². The van der Waals surface area contributed by atoms with Gasteiger partial charge in [-0.05, 0) is 29.0 Å². The number of carbonyl (C=O) groups is 1. The molecule has 122 valence electrons. The highest BCUT2D eigenvalue weighted by molar-refractivity contribution is 8.01. The summed E-state index contributed by atoms with van der Waals surface area (Å²) in [5, 5.41) is 5.22. The molecule has 0 spiro atoms. The highest BCUT2D eigenvalue weighted by Crippen LogP contribution is 2.24. The first-order valence-corrected chi connectivity index (χ1v) is 9.72. The maximum Gasteiger partial charge on any atom is 0.230 e. The molecular formula is C20H19NOS2. The van der Waals surface area contributed by atoms with Crippen molar-refractivity contribution in [2.45, 2.75) is 16.7 Å². The lowest BCUT2D eigenvalue weighted by Crippen LogP contribution is -2.31. The van der Waals surface area contributed by atoms with E-state index in [1.807, 2.05) is 53.9 Å². The van der Waals surface area contributed by atoms with Gasteiger partial charge in [0.2, 0.25) is 5.91 Å². The zero-order valence-electron chi connectivity index (χ0n) is 13.2. The van der Waals surface area contributed by atoms with E-state index in [0.717, 1.165) is 12.0 Å². The van der Waals surface area contributed by atoms with E-state index >= 15 is 0 Å². The van der Waals surface area contributed by atoms with Crippen LogP contribution in [0.15, 0.2) is 82.4 Å². The van der Waals surface area contributed by atoms with Gasteiger partial charge in [0, 0.05) is 0 Å². The predicted molar refractivity (Wildman–Crippen MR) is 103 cm³/mol. The van der Waals surface area contributed by atoms with E-state index in [1.54, 1.807) is 23.1 Å². The first-order chi connectivity index (χ1) is 11.8. The Labute approximate surface area is 150 Å². The summed E-state index contributed by atoms with van der Waals surface area (Å²) in [6, 6.07) is 24.5. The molecule has 1 N–H and O–H groups in total. The van der Waals surface area contributed by atoms with Gasteiger partial charge >= 0.3 is 0 Å². The molecule has 0 saturated carbocycles. The zero-order valence-corrected chi connectivity index (χ0v) is 14.9. The molecule has 3 rings (SSSR count). The standard InChI is InChI=1S/C20H19NOS2/c22-19(15-24-20-12-7-13-23-20)21-18(17-10-5-2-6-11-17)14-16-8-3-1-4-9-16/h1-13,18H,14-15H2,(H,21,22). The van der Waals surface area contributed by atoms with Crippen LogP contribution in [0.1, 0.15) is 17.2 Å². The topological polar surface area (TPSA) is 29.1 Å². The molecule has 24 heavy (non-hydrogen) atoms. The minimum absolute atomic E-state index is 0.00923.